The van der Waals surface area contributed by atoms with Crippen LogP contribution in [0.15, 0.2) is 6.07 Å². The number of rotatable bonds is 6. The van der Waals surface area contributed by atoms with Gasteiger partial charge in [0.05, 0.1) is 20.3 Å². The second kappa shape index (κ2) is 6.37. The van der Waals surface area contributed by atoms with Crippen LogP contribution in [-0.2, 0) is 4.74 Å². The van der Waals surface area contributed by atoms with Crippen molar-refractivity contribution in [1.82, 2.24) is 14.9 Å². The fourth-order valence-corrected chi connectivity index (χ4v) is 2.33. The molecule has 1 saturated heterocycles. The molecule has 6 nitrogen and oxygen atoms in total. The summed E-state index contributed by atoms with van der Waals surface area (Å²) in [5.41, 5.74) is 0. The quantitative estimate of drug-likeness (QED) is 0.841. The van der Waals surface area contributed by atoms with Crippen molar-refractivity contribution in [2.24, 2.45) is 0 Å². The van der Waals surface area contributed by atoms with E-state index in [0.29, 0.717) is 11.8 Å². The lowest BCUT2D eigenvalue weighted by molar-refractivity contribution is 0.0398. The third-order valence-corrected chi connectivity index (χ3v) is 3.71. The molecule has 0 aromatic carbocycles. The minimum atomic E-state index is 0.532. The summed E-state index contributed by atoms with van der Waals surface area (Å²) in [5, 5.41) is 3.38. The van der Waals surface area contributed by atoms with Crippen molar-refractivity contribution in [2.75, 3.05) is 51.8 Å². The fourth-order valence-electron chi connectivity index (χ4n) is 2.33. The van der Waals surface area contributed by atoms with Gasteiger partial charge in [-0.15, -0.1) is 0 Å². The van der Waals surface area contributed by atoms with Crippen LogP contribution in [0.1, 0.15) is 24.6 Å². The lowest BCUT2D eigenvalue weighted by Crippen LogP contribution is -2.39. The van der Waals surface area contributed by atoms with Gasteiger partial charge in [-0.25, -0.2) is 4.98 Å². The maximum Gasteiger partial charge on any atom is 0.218 e. The Kier molecular flexibility index (Phi) is 4.32. The lowest BCUT2D eigenvalue weighted by atomic mass is 10.3. The van der Waals surface area contributed by atoms with Crippen LogP contribution in [0, 0.1) is 0 Å². The molecular formula is C14H22N4O2. The largest absolute Gasteiger partial charge is 0.481 e. The molecule has 2 aliphatic rings. The van der Waals surface area contributed by atoms with E-state index in [2.05, 4.69) is 20.2 Å². The first-order valence-electron chi connectivity index (χ1n) is 7.32. The van der Waals surface area contributed by atoms with Gasteiger partial charge in [-0.05, 0) is 12.8 Å². The van der Waals surface area contributed by atoms with E-state index in [1.54, 1.807) is 7.11 Å². The van der Waals surface area contributed by atoms with Gasteiger partial charge in [0.25, 0.3) is 0 Å². The predicted molar refractivity (Wildman–Crippen MR) is 76.3 cm³/mol. The molecule has 1 aromatic heterocycles. The minimum absolute atomic E-state index is 0.532. The Hall–Kier alpha value is -1.40. The van der Waals surface area contributed by atoms with E-state index in [9.17, 15) is 0 Å². The summed E-state index contributed by atoms with van der Waals surface area (Å²) in [7, 11) is 1.65. The molecule has 2 heterocycles. The van der Waals surface area contributed by atoms with Crippen LogP contribution in [-0.4, -0.2) is 61.4 Å². The van der Waals surface area contributed by atoms with E-state index < -0.39 is 0 Å². The number of aromatic nitrogens is 2. The summed E-state index contributed by atoms with van der Waals surface area (Å²) < 4.78 is 10.6. The molecule has 6 heteroatoms. The average Bonchev–Trinajstić information content (AvgIpc) is 3.33. The minimum Gasteiger partial charge on any atom is -0.481 e. The van der Waals surface area contributed by atoms with Crippen LogP contribution in [0.5, 0.6) is 5.88 Å². The Bertz CT molecular complexity index is 445. The Morgan fingerprint density at radius 3 is 2.85 bits per heavy atom. The molecule has 110 valence electrons. The number of methoxy groups -OCH3 is 1. The highest BCUT2D eigenvalue weighted by Crippen LogP contribution is 2.39. The number of ether oxygens (including phenoxy) is 2. The monoisotopic (exact) mass is 278 g/mol. The van der Waals surface area contributed by atoms with Crippen LogP contribution >= 0.6 is 0 Å². The van der Waals surface area contributed by atoms with E-state index in [-0.39, 0.29) is 0 Å². The maximum absolute atomic E-state index is 5.34. The van der Waals surface area contributed by atoms with Gasteiger partial charge in [-0.3, -0.25) is 4.90 Å². The van der Waals surface area contributed by atoms with Gasteiger partial charge in [0.15, 0.2) is 0 Å². The van der Waals surface area contributed by atoms with E-state index >= 15 is 0 Å². The number of hydrogen-bond donors (Lipinski definition) is 1. The predicted octanol–water partition coefficient (Wildman–Crippen LogP) is 1.11. The van der Waals surface area contributed by atoms with Gasteiger partial charge in [0.1, 0.15) is 11.6 Å². The summed E-state index contributed by atoms with van der Waals surface area (Å²) in [6.45, 7) is 5.60. The zero-order valence-corrected chi connectivity index (χ0v) is 12.0. The third-order valence-electron chi connectivity index (χ3n) is 3.71. The normalized spacial score (nSPS) is 19.9. The number of nitrogens with one attached hydrogen (secondary N) is 1. The summed E-state index contributed by atoms with van der Waals surface area (Å²) in [6.07, 6.45) is 2.39. The van der Waals surface area contributed by atoms with Crippen molar-refractivity contribution in [3.8, 4) is 5.88 Å². The fraction of sp³-hybridized carbons (Fsp3) is 0.714. The standard InChI is InChI=1S/C14H22N4O2/c1-19-13-10-12(16-14(17-13)11-2-3-11)15-4-5-18-6-8-20-9-7-18/h10-11H,2-9H2,1H3,(H,15,16,17). The van der Waals surface area contributed by atoms with Crippen LogP contribution in [0.25, 0.3) is 0 Å². The third kappa shape index (κ3) is 3.58. The van der Waals surface area contributed by atoms with Crippen molar-refractivity contribution in [3.05, 3.63) is 11.9 Å². The van der Waals surface area contributed by atoms with Crippen LogP contribution in [0.2, 0.25) is 0 Å². The number of morpholine rings is 1. The molecule has 0 unspecified atom stereocenters. The van der Waals surface area contributed by atoms with Gasteiger partial charge in [-0.1, -0.05) is 0 Å². The molecule has 0 bridgehead atoms. The maximum atomic E-state index is 5.34. The summed E-state index contributed by atoms with van der Waals surface area (Å²) >= 11 is 0. The molecule has 0 radical (unpaired) electrons. The second-order valence-corrected chi connectivity index (χ2v) is 5.31. The van der Waals surface area contributed by atoms with Gasteiger partial charge in [-0.2, -0.15) is 4.98 Å². The zero-order chi connectivity index (χ0) is 13.8. The molecule has 1 aromatic rings. The Labute approximate surface area is 119 Å². The highest BCUT2D eigenvalue weighted by molar-refractivity contribution is 5.39. The molecular weight excluding hydrogens is 256 g/mol. The van der Waals surface area contributed by atoms with E-state index in [4.69, 9.17) is 9.47 Å². The highest BCUT2D eigenvalue weighted by atomic mass is 16.5. The Morgan fingerprint density at radius 1 is 1.35 bits per heavy atom. The van der Waals surface area contributed by atoms with Crippen molar-refractivity contribution in [1.29, 1.82) is 0 Å². The van der Waals surface area contributed by atoms with E-state index in [1.165, 1.54) is 12.8 Å². The molecule has 2 fully saturated rings. The first kappa shape index (κ1) is 13.6. The molecule has 1 saturated carbocycles. The van der Waals surface area contributed by atoms with Gasteiger partial charge < -0.3 is 14.8 Å². The summed E-state index contributed by atoms with van der Waals surface area (Å²) in [6, 6.07) is 1.87. The average molecular weight is 278 g/mol. The number of hydrogen-bond acceptors (Lipinski definition) is 6. The van der Waals surface area contributed by atoms with Crippen LogP contribution < -0.4 is 10.1 Å². The molecule has 0 spiro atoms. The van der Waals surface area contributed by atoms with Gasteiger partial charge in [0, 0.05) is 38.2 Å². The molecule has 20 heavy (non-hydrogen) atoms. The zero-order valence-electron chi connectivity index (χ0n) is 12.0. The molecule has 1 N–H and O–H groups in total. The summed E-state index contributed by atoms with van der Waals surface area (Å²) in [5.74, 6) is 2.96. The number of nitrogens with zero attached hydrogens (tertiary/aromatic N) is 3. The SMILES string of the molecule is COc1cc(NCCN2CCOCC2)nc(C2CC2)n1. The van der Waals surface area contributed by atoms with Gasteiger partial charge >= 0.3 is 0 Å². The van der Waals surface area contributed by atoms with Crippen molar-refractivity contribution < 1.29 is 9.47 Å². The highest BCUT2D eigenvalue weighted by Gasteiger charge is 2.27. The topological polar surface area (TPSA) is 59.5 Å². The molecule has 1 aliphatic heterocycles. The molecule has 0 atom stereocenters. The molecule has 1 aliphatic carbocycles. The van der Waals surface area contributed by atoms with Gasteiger partial charge in [0.2, 0.25) is 5.88 Å². The van der Waals surface area contributed by atoms with Crippen molar-refractivity contribution >= 4 is 5.82 Å². The smallest absolute Gasteiger partial charge is 0.218 e. The van der Waals surface area contributed by atoms with E-state index in [0.717, 1.165) is 51.0 Å². The van der Waals surface area contributed by atoms with Crippen LogP contribution in [0.4, 0.5) is 5.82 Å². The van der Waals surface area contributed by atoms with Crippen LogP contribution in [0.3, 0.4) is 0 Å². The second-order valence-electron chi connectivity index (χ2n) is 5.31. The Balaban J connectivity index is 1.54. The molecule has 3 rings (SSSR count). The van der Waals surface area contributed by atoms with E-state index in [1.807, 2.05) is 6.07 Å². The lowest BCUT2D eigenvalue weighted by Gasteiger charge is -2.26. The summed E-state index contributed by atoms with van der Waals surface area (Å²) in [4.78, 5) is 11.4. The molecule has 0 amide bonds. The first-order chi connectivity index (χ1) is 9.85. The Morgan fingerprint density at radius 2 is 2.15 bits per heavy atom. The van der Waals surface area contributed by atoms with Crippen molar-refractivity contribution in [2.45, 2.75) is 18.8 Å². The number of anilines is 1. The first-order valence-corrected chi connectivity index (χ1v) is 7.32. The van der Waals surface area contributed by atoms with Crippen molar-refractivity contribution in [3.63, 3.8) is 0 Å².